The number of nitrogens with one attached hydrogen (secondary N) is 1. The zero-order valence-corrected chi connectivity index (χ0v) is 11.7. The summed E-state index contributed by atoms with van der Waals surface area (Å²) in [5.74, 6) is 0.0243. The fourth-order valence-corrected chi connectivity index (χ4v) is 1.83. The number of anilines is 2. The topological polar surface area (TPSA) is 88.1 Å². The average molecular weight is 302 g/mol. The third-order valence-electron chi connectivity index (χ3n) is 2.65. The van der Waals surface area contributed by atoms with Gasteiger partial charge in [0, 0.05) is 5.02 Å². The highest BCUT2D eigenvalue weighted by Gasteiger charge is 2.09. The zero-order valence-electron chi connectivity index (χ0n) is 11.0. The third kappa shape index (κ3) is 3.88. The number of para-hydroxylation sites is 2. The number of nitrogens with two attached hydrogens (primary N) is 1. The Morgan fingerprint density at radius 1 is 1.33 bits per heavy atom. The molecule has 1 amide bonds. The van der Waals surface area contributed by atoms with Gasteiger partial charge >= 0.3 is 0 Å². The summed E-state index contributed by atoms with van der Waals surface area (Å²) in [6.45, 7) is -0.217. The lowest BCUT2D eigenvalue weighted by Crippen LogP contribution is -2.21. The van der Waals surface area contributed by atoms with Crippen LogP contribution < -0.4 is 15.8 Å². The highest BCUT2D eigenvalue weighted by Crippen LogP contribution is 2.21. The number of hydrogen-bond acceptors (Lipinski definition) is 4. The van der Waals surface area contributed by atoms with Gasteiger partial charge in [-0.05, 0) is 30.3 Å². The molecule has 6 heteroatoms. The number of carbonyl (C=O) groups is 1. The molecule has 2 aromatic rings. The standard InChI is InChI=1S/C15H12ClN3O2/c16-11-6-5-10(8-17)13(7-11)19-15(20)9-21-14-4-2-1-3-12(14)18/h1-7H,9,18H2,(H,19,20). The molecule has 0 aliphatic heterocycles. The van der Waals surface area contributed by atoms with E-state index in [-0.39, 0.29) is 6.61 Å². The van der Waals surface area contributed by atoms with Gasteiger partial charge in [-0.2, -0.15) is 5.26 Å². The lowest BCUT2D eigenvalue weighted by molar-refractivity contribution is -0.118. The quantitative estimate of drug-likeness (QED) is 0.850. The van der Waals surface area contributed by atoms with Crippen LogP contribution in [-0.4, -0.2) is 12.5 Å². The van der Waals surface area contributed by atoms with Crippen LogP contribution in [0.4, 0.5) is 11.4 Å². The number of nitrogen functional groups attached to an aromatic ring is 1. The van der Waals surface area contributed by atoms with Crippen molar-refractivity contribution in [2.75, 3.05) is 17.7 Å². The van der Waals surface area contributed by atoms with E-state index >= 15 is 0 Å². The maximum Gasteiger partial charge on any atom is 0.262 e. The second-order valence-corrected chi connectivity index (χ2v) is 4.61. The minimum absolute atomic E-state index is 0.217. The monoisotopic (exact) mass is 301 g/mol. The Balaban J connectivity index is 2.01. The first-order valence-electron chi connectivity index (χ1n) is 6.07. The molecule has 0 aliphatic carbocycles. The number of ether oxygens (including phenoxy) is 1. The summed E-state index contributed by atoms with van der Waals surface area (Å²) in [6, 6.07) is 13.5. The van der Waals surface area contributed by atoms with Gasteiger partial charge in [0.2, 0.25) is 0 Å². The largest absolute Gasteiger partial charge is 0.482 e. The average Bonchev–Trinajstić information content (AvgIpc) is 2.47. The summed E-state index contributed by atoms with van der Waals surface area (Å²) in [4.78, 5) is 11.8. The van der Waals surface area contributed by atoms with Crippen LogP contribution in [0.25, 0.3) is 0 Å². The first kappa shape index (κ1) is 14.7. The van der Waals surface area contributed by atoms with Gasteiger partial charge in [0.1, 0.15) is 11.8 Å². The fourth-order valence-electron chi connectivity index (χ4n) is 1.66. The van der Waals surface area contributed by atoms with Gasteiger partial charge in [-0.1, -0.05) is 23.7 Å². The van der Waals surface area contributed by atoms with Gasteiger partial charge in [-0.25, -0.2) is 0 Å². The summed E-state index contributed by atoms with van der Waals surface area (Å²) in [5.41, 5.74) is 6.83. The number of benzene rings is 2. The highest BCUT2D eigenvalue weighted by atomic mass is 35.5. The molecule has 0 saturated heterocycles. The van der Waals surface area contributed by atoms with Crippen molar-refractivity contribution in [1.82, 2.24) is 0 Å². The number of halogens is 1. The van der Waals surface area contributed by atoms with E-state index < -0.39 is 5.91 Å². The van der Waals surface area contributed by atoms with Gasteiger partial charge in [-0.3, -0.25) is 4.79 Å². The number of hydrogen-bond donors (Lipinski definition) is 2. The summed E-state index contributed by atoms with van der Waals surface area (Å²) >= 11 is 5.84. The Hall–Kier alpha value is -2.71. The van der Waals surface area contributed by atoms with E-state index in [0.29, 0.717) is 27.7 Å². The van der Waals surface area contributed by atoms with Gasteiger partial charge in [0.15, 0.2) is 6.61 Å². The molecule has 0 saturated carbocycles. The molecule has 0 fully saturated rings. The van der Waals surface area contributed by atoms with E-state index in [1.165, 1.54) is 12.1 Å². The molecule has 0 radical (unpaired) electrons. The van der Waals surface area contributed by atoms with Crippen LogP contribution in [0.2, 0.25) is 5.02 Å². The van der Waals surface area contributed by atoms with Crippen LogP contribution in [0.3, 0.4) is 0 Å². The van der Waals surface area contributed by atoms with Gasteiger partial charge in [-0.15, -0.1) is 0 Å². The molecule has 0 spiro atoms. The zero-order chi connectivity index (χ0) is 15.2. The van der Waals surface area contributed by atoms with Crippen molar-refractivity contribution in [3.05, 3.63) is 53.1 Å². The first-order chi connectivity index (χ1) is 10.1. The van der Waals surface area contributed by atoms with E-state index in [1.807, 2.05) is 6.07 Å². The predicted octanol–water partition coefficient (Wildman–Crippen LogP) is 2.81. The van der Waals surface area contributed by atoms with Crippen LogP contribution in [0.5, 0.6) is 5.75 Å². The Labute approximate surface area is 126 Å². The van der Waals surface area contributed by atoms with E-state index in [0.717, 1.165) is 0 Å². The van der Waals surface area contributed by atoms with Crippen LogP contribution in [0.1, 0.15) is 5.56 Å². The molecule has 5 nitrogen and oxygen atoms in total. The van der Waals surface area contributed by atoms with E-state index in [4.69, 9.17) is 27.3 Å². The molecule has 0 bridgehead atoms. The molecular formula is C15H12ClN3O2. The van der Waals surface area contributed by atoms with Crippen LogP contribution in [0.15, 0.2) is 42.5 Å². The normalized spacial score (nSPS) is 9.71. The van der Waals surface area contributed by atoms with Crippen molar-refractivity contribution in [2.24, 2.45) is 0 Å². The number of nitriles is 1. The van der Waals surface area contributed by atoms with E-state index in [1.54, 1.807) is 30.3 Å². The van der Waals surface area contributed by atoms with Crippen molar-refractivity contribution in [3.8, 4) is 11.8 Å². The van der Waals surface area contributed by atoms with Crippen molar-refractivity contribution >= 4 is 28.9 Å². The van der Waals surface area contributed by atoms with Gasteiger partial charge in [0.25, 0.3) is 5.91 Å². The number of rotatable bonds is 4. The number of amides is 1. The van der Waals surface area contributed by atoms with E-state index in [9.17, 15) is 4.79 Å². The first-order valence-corrected chi connectivity index (χ1v) is 6.45. The molecule has 0 unspecified atom stereocenters. The molecule has 0 aromatic heterocycles. The predicted molar refractivity (Wildman–Crippen MR) is 81.1 cm³/mol. The van der Waals surface area contributed by atoms with Crippen molar-refractivity contribution in [2.45, 2.75) is 0 Å². The summed E-state index contributed by atoms with van der Waals surface area (Å²) in [5, 5.41) is 12.0. The maximum absolute atomic E-state index is 11.8. The van der Waals surface area contributed by atoms with Crippen molar-refractivity contribution in [3.63, 3.8) is 0 Å². The molecule has 2 aromatic carbocycles. The second-order valence-electron chi connectivity index (χ2n) is 4.18. The minimum Gasteiger partial charge on any atom is -0.482 e. The lowest BCUT2D eigenvalue weighted by Gasteiger charge is -2.10. The fraction of sp³-hybridized carbons (Fsp3) is 0.0667. The number of carbonyl (C=O) groups excluding carboxylic acids is 1. The van der Waals surface area contributed by atoms with Crippen LogP contribution >= 0.6 is 11.6 Å². The van der Waals surface area contributed by atoms with Crippen molar-refractivity contribution in [1.29, 1.82) is 5.26 Å². The molecule has 2 rings (SSSR count). The minimum atomic E-state index is -0.406. The maximum atomic E-state index is 11.8. The SMILES string of the molecule is N#Cc1ccc(Cl)cc1NC(=O)COc1ccccc1N. The molecule has 0 aliphatic rings. The molecule has 106 valence electrons. The Kier molecular flexibility index (Phi) is 4.64. The van der Waals surface area contributed by atoms with Crippen LogP contribution in [0, 0.1) is 11.3 Å². The summed E-state index contributed by atoms with van der Waals surface area (Å²) < 4.78 is 5.32. The Bertz CT molecular complexity index is 710. The second kappa shape index (κ2) is 6.64. The smallest absolute Gasteiger partial charge is 0.262 e. The van der Waals surface area contributed by atoms with Gasteiger partial charge in [0.05, 0.1) is 16.9 Å². The van der Waals surface area contributed by atoms with Gasteiger partial charge < -0.3 is 15.8 Å². The molecule has 21 heavy (non-hydrogen) atoms. The van der Waals surface area contributed by atoms with E-state index in [2.05, 4.69) is 5.32 Å². The highest BCUT2D eigenvalue weighted by molar-refractivity contribution is 6.31. The lowest BCUT2D eigenvalue weighted by atomic mass is 10.2. The summed E-state index contributed by atoms with van der Waals surface area (Å²) in [7, 11) is 0. The van der Waals surface area contributed by atoms with Crippen molar-refractivity contribution < 1.29 is 9.53 Å². The third-order valence-corrected chi connectivity index (χ3v) is 2.89. The Morgan fingerprint density at radius 3 is 2.81 bits per heavy atom. The molecular weight excluding hydrogens is 290 g/mol. The van der Waals surface area contributed by atoms with Crippen LogP contribution in [-0.2, 0) is 4.79 Å². The molecule has 0 atom stereocenters. The number of nitrogens with zero attached hydrogens (tertiary/aromatic N) is 1. The Morgan fingerprint density at radius 2 is 2.10 bits per heavy atom. The summed E-state index contributed by atoms with van der Waals surface area (Å²) in [6.07, 6.45) is 0. The molecule has 0 heterocycles. The molecule has 3 N–H and O–H groups in total.